The van der Waals surface area contributed by atoms with E-state index in [1.54, 1.807) is 66.7 Å². The van der Waals surface area contributed by atoms with Crippen LogP contribution in [0.3, 0.4) is 0 Å². The molecule has 4 rings (SSSR count). The summed E-state index contributed by atoms with van der Waals surface area (Å²) in [7, 11) is -3.54. The van der Waals surface area contributed by atoms with Crippen LogP contribution in [0.25, 0.3) is 0 Å². The number of ether oxygens (including phenoxy) is 2. The number of halogens is 1. The summed E-state index contributed by atoms with van der Waals surface area (Å²) in [6.07, 6.45) is 1.14. The predicted octanol–water partition coefficient (Wildman–Crippen LogP) is 4.33. The highest BCUT2D eigenvalue weighted by Crippen LogP contribution is 2.32. The van der Waals surface area contributed by atoms with Gasteiger partial charge in [-0.15, -0.1) is 0 Å². The van der Waals surface area contributed by atoms with Gasteiger partial charge in [-0.25, -0.2) is 8.42 Å². The van der Waals surface area contributed by atoms with E-state index in [2.05, 4.69) is 5.32 Å². The summed E-state index contributed by atoms with van der Waals surface area (Å²) < 4.78 is 37.1. The summed E-state index contributed by atoms with van der Waals surface area (Å²) >= 11 is 5.91. The summed E-state index contributed by atoms with van der Waals surface area (Å²) in [4.78, 5) is 12.7. The summed E-state index contributed by atoms with van der Waals surface area (Å²) in [6.45, 7) is 1.10. The molecule has 3 aromatic rings. The van der Waals surface area contributed by atoms with Crippen molar-refractivity contribution >= 4 is 38.9 Å². The third-order valence-electron chi connectivity index (χ3n) is 4.86. The Balaban J connectivity index is 1.50. The smallest absolute Gasteiger partial charge is 0.255 e. The van der Waals surface area contributed by atoms with Crippen LogP contribution in [0.1, 0.15) is 15.9 Å². The summed E-state index contributed by atoms with van der Waals surface area (Å²) in [5.74, 6) is 0.896. The molecule has 0 saturated heterocycles. The molecule has 0 atom stereocenters. The van der Waals surface area contributed by atoms with Gasteiger partial charge in [0, 0.05) is 22.3 Å². The first-order chi connectivity index (χ1) is 15.3. The molecular formula is C23H21ClN2O5S. The van der Waals surface area contributed by atoms with Crippen molar-refractivity contribution in [2.45, 2.75) is 6.54 Å². The van der Waals surface area contributed by atoms with Crippen molar-refractivity contribution in [3.05, 3.63) is 82.9 Å². The van der Waals surface area contributed by atoms with Gasteiger partial charge < -0.3 is 14.8 Å². The summed E-state index contributed by atoms with van der Waals surface area (Å²) in [6, 6.07) is 18.5. The largest absolute Gasteiger partial charge is 0.486 e. The Labute approximate surface area is 191 Å². The van der Waals surface area contributed by atoms with Gasteiger partial charge >= 0.3 is 0 Å². The van der Waals surface area contributed by atoms with Crippen molar-refractivity contribution < 1.29 is 22.7 Å². The fraction of sp³-hybridized carbons (Fsp3) is 0.174. The first kappa shape index (κ1) is 22.0. The van der Waals surface area contributed by atoms with E-state index in [0.717, 1.165) is 11.8 Å². The minimum atomic E-state index is -3.54. The Kier molecular flexibility index (Phi) is 6.25. The molecule has 1 aliphatic heterocycles. The lowest BCUT2D eigenvalue weighted by Crippen LogP contribution is -2.29. The van der Waals surface area contributed by atoms with Gasteiger partial charge in [0.15, 0.2) is 11.5 Å². The van der Waals surface area contributed by atoms with E-state index in [1.807, 2.05) is 0 Å². The average Bonchev–Trinajstić information content (AvgIpc) is 2.78. The van der Waals surface area contributed by atoms with Crippen molar-refractivity contribution in [2.75, 3.05) is 29.1 Å². The van der Waals surface area contributed by atoms with Crippen LogP contribution in [0.5, 0.6) is 11.5 Å². The lowest BCUT2D eigenvalue weighted by Gasteiger charge is -2.23. The maximum absolute atomic E-state index is 12.7. The van der Waals surface area contributed by atoms with E-state index in [-0.39, 0.29) is 12.5 Å². The SMILES string of the molecule is CS(=O)(=O)N(Cc1ccc(Cl)cc1)c1ccc(C(=O)Nc2ccc3c(c2)OCCO3)cc1. The molecule has 0 saturated carbocycles. The first-order valence-electron chi connectivity index (χ1n) is 9.83. The molecule has 1 aliphatic rings. The topological polar surface area (TPSA) is 84.9 Å². The molecule has 0 aromatic heterocycles. The highest BCUT2D eigenvalue weighted by Gasteiger charge is 2.19. The van der Waals surface area contributed by atoms with Crippen LogP contribution < -0.4 is 19.1 Å². The number of carbonyl (C=O) groups excluding carboxylic acids is 1. The number of nitrogens with one attached hydrogen (secondary N) is 1. The fourth-order valence-corrected chi connectivity index (χ4v) is 4.27. The van der Waals surface area contributed by atoms with Crippen molar-refractivity contribution in [3.8, 4) is 11.5 Å². The van der Waals surface area contributed by atoms with Gasteiger partial charge in [0.1, 0.15) is 13.2 Å². The number of carbonyl (C=O) groups is 1. The van der Waals surface area contributed by atoms with E-state index < -0.39 is 10.0 Å². The summed E-state index contributed by atoms with van der Waals surface area (Å²) in [5.41, 5.74) is 2.21. The van der Waals surface area contributed by atoms with Crippen LogP contribution in [0.2, 0.25) is 5.02 Å². The standard InChI is InChI=1S/C23H21ClN2O5S/c1-32(28,29)26(15-16-2-6-18(24)7-3-16)20-9-4-17(5-10-20)23(27)25-19-8-11-21-22(14-19)31-13-12-30-21/h2-11,14H,12-13,15H2,1H3,(H,25,27). The Bertz CT molecular complexity index is 1230. The fourth-order valence-electron chi connectivity index (χ4n) is 3.26. The molecule has 0 aliphatic carbocycles. The van der Waals surface area contributed by atoms with E-state index >= 15 is 0 Å². The second kappa shape index (κ2) is 9.10. The van der Waals surface area contributed by atoms with Crippen LogP contribution in [0.4, 0.5) is 11.4 Å². The third kappa shape index (κ3) is 5.15. The molecular weight excluding hydrogens is 452 g/mol. The van der Waals surface area contributed by atoms with Gasteiger partial charge in [0.2, 0.25) is 10.0 Å². The highest BCUT2D eigenvalue weighted by molar-refractivity contribution is 7.92. The predicted molar refractivity (Wildman–Crippen MR) is 124 cm³/mol. The Morgan fingerprint density at radius 1 is 0.969 bits per heavy atom. The van der Waals surface area contributed by atoms with Crippen molar-refractivity contribution in [3.63, 3.8) is 0 Å². The van der Waals surface area contributed by atoms with Gasteiger partial charge in [0.25, 0.3) is 5.91 Å². The molecule has 0 radical (unpaired) electrons. The van der Waals surface area contributed by atoms with Crippen molar-refractivity contribution in [1.82, 2.24) is 0 Å². The molecule has 1 amide bonds. The normalized spacial score (nSPS) is 12.8. The van der Waals surface area contributed by atoms with Crippen LogP contribution in [-0.4, -0.2) is 33.8 Å². The van der Waals surface area contributed by atoms with Crippen LogP contribution in [0, 0.1) is 0 Å². The van der Waals surface area contributed by atoms with Crippen LogP contribution >= 0.6 is 11.6 Å². The zero-order chi connectivity index (χ0) is 22.7. The van der Waals surface area contributed by atoms with E-state index in [4.69, 9.17) is 21.1 Å². The van der Waals surface area contributed by atoms with Crippen LogP contribution in [0.15, 0.2) is 66.7 Å². The minimum absolute atomic E-state index is 0.152. The maximum Gasteiger partial charge on any atom is 0.255 e. The number of fused-ring (bicyclic) bond motifs is 1. The summed E-state index contributed by atoms with van der Waals surface area (Å²) in [5, 5.41) is 3.39. The number of sulfonamides is 1. The number of hydrogen-bond donors (Lipinski definition) is 1. The third-order valence-corrected chi connectivity index (χ3v) is 6.25. The van der Waals surface area contributed by atoms with E-state index in [9.17, 15) is 13.2 Å². The lowest BCUT2D eigenvalue weighted by atomic mass is 10.1. The number of anilines is 2. The second-order valence-electron chi connectivity index (χ2n) is 7.26. The number of hydrogen-bond acceptors (Lipinski definition) is 5. The molecule has 3 aromatic carbocycles. The molecule has 0 unspecified atom stereocenters. The van der Waals surface area contributed by atoms with E-state index in [1.165, 1.54) is 4.31 Å². The van der Waals surface area contributed by atoms with Gasteiger partial charge in [-0.2, -0.15) is 0 Å². The molecule has 166 valence electrons. The van der Waals surface area contributed by atoms with Crippen molar-refractivity contribution in [2.24, 2.45) is 0 Å². The monoisotopic (exact) mass is 472 g/mol. The van der Waals surface area contributed by atoms with Crippen molar-refractivity contribution in [1.29, 1.82) is 0 Å². The van der Waals surface area contributed by atoms with Gasteiger partial charge in [-0.3, -0.25) is 9.10 Å². The maximum atomic E-state index is 12.7. The molecule has 0 fully saturated rings. The molecule has 0 spiro atoms. The van der Waals surface area contributed by atoms with E-state index in [0.29, 0.717) is 46.7 Å². The minimum Gasteiger partial charge on any atom is -0.486 e. The zero-order valence-corrected chi connectivity index (χ0v) is 18.8. The van der Waals surface area contributed by atoms with Gasteiger partial charge in [-0.05, 0) is 54.1 Å². The lowest BCUT2D eigenvalue weighted by molar-refractivity contribution is 0.102. The number of nitrogens with zero attached hydrogens (tertiary/aromatic N) is 1. The molecule has 1 N–H and O–H groups in total. The van der Waals surface area contributed by atoms with Crippen LogP contribution in [-0.2, 0) is 16.6 Å². The van der Waals surface area contributed by atoms with Gasteiger partial charge in [-0.1, -0.05) is 23.7 Å². The number of benzene rings is 3. The number of rotatable bonds is 6. The molecule has 7 nitrogen and oxygen atoms in total. The first-order valence-corrected chi connectivity index (χ1v) is 12.1. The highest BCUT2D eigenvalue weighted by atomic mass is 35.5. The van der Waals surface area contributed by atoms with Gasteiger partial charge in [0.05, 0.1) is 18.5 Å². The molecule has 9 heteroatoms. The average molecular weight is 473 g/mol. The molecule has 1 heterocycles. The Morgan fingerprint density at radius 2 is 1.62 bits per heavy atom. The zero-order valence-electron chi connectivity index (χ0n) is 17.2. The molecule has 32 heavy (non-hydrogen) atoms. The Morgan fingerprint density at radius 3 is 2.28 bits per heavy atom. The second-order valence-corrected chi connectivity index (χ2v) is 9.60. The Hall–Kier alpha value is -3.23. The quantitative estimate of drug-likeness (QED) is 0.577. The molecule has 0 bridgehead atoms. The number of amides is 1.